The van der Waals surface area contributed by atoms with Crippen molar-refractivity contribution in [1.29, 1.82) is 0 Å². The Morgan fingerprint density at radius 1 is 1.27 bits per heavy atom. The van der Waals surface area contributed by atoms with Gasteiger partial charge in [0.2, 0.25) is 5.91 Å². The maximum Gasteiger partial charge on any atom is 0.294 e. The SMILES string of the molecule is O=C(Cc1ccccc1)N1CCc2cc(Br)cc([N+](=O)[O-])c21. The summed E-state index contributed by atoms with van der Waals surface area (Å²) < 4.78 is 0.662. The smallest absolute Gasteiger partial charge is 0.294 e. The quantitative estimate of drug-likeness (QED) is 0.621. The van der Waals surface area contributed by atoms with Gasteiger partial charge in [-0.15, -0.1) is 0 Å². The summed E-state index contributed by atoms with van der Waals surface area (Å²) in [4.78, 5) is 24.9. The standard InChI is InChI=1S/C16H13BrN2O3/c17-13-9-12-6-7-18(16(12)14(10-13)19(21)22)15(20)8-11-4-2-1-3-5-11/h1-5,9-10H,6-8H2. The lowest BCUT2D eigenvalue weighted by molar-refractivity contribution is -0.384. The summed E-state index contributed by atoms with van der Waals surface area (Å²) in [5, 5.41) is 11.3. The first-order valence-electron chi connectivity index (χ1n) is 6.87. The molecule has 5 nitrogen and oxygen atoms in total. The molecule has 0 unspecified atom stereocenters. The first-order valence-corrected chi connectivity index (χ1v) is 7.66. The van der Waals surface area contributed by atoms with Crippen LogP contribution in [0.25, 0.3) is 0 Å². The second-order valence-corrected chi connectivity index (χ2v) is 6.06. The molecule has 1 amide bonds. The minimum absolute atomic E-state index is 0.0247. The first kappa shape index (κ1) is 14.7. The molecule has 22 heavy (non-hydrogen) atoms. The number of carbonyl (C=O) groups is 1. The van der Waals surface area contributed by atoms with E-state index in [0.29, 0.717) is 23.1 Å². The van der Waals surface area contributed by atoms with Crippen LogP contribution in [-0.2, 0) is 17.6 Å². The van der Waals surface area contributed by atoms with Crippen LogP contribution < -0.4 is 4.90 Å². The molecule has 1 aliphatic heterocycles. The van der Waals surface area contributed by atoms with Crippen molar-refractivity contribution in [2.45, 2.75) is 12.8 Å². The second kappa shape index (κ2) is 5.88. The Hall–Kier alpha value is -2.21. The van der Waals surface area contributed by atoms with Crippen molar-refractivity contribution >= 4 is 33.2 Å². The molecule has 3 rings (SSSR count). The number of rotatable bonds is 3. The van der Waals surface area contributed by atoms with Crippen LogP contribution in [0.2, 0.25) is 0 Å². The van der Waals surface area contributed by atoms with Gasteiger partial charge in [-0.2, -0.15) is 0 Å². The van der Waals surface area contributed by atoms with Crippen LogP contribution in [0.5, 0.6) is 0 Å². The largest absolute Gasteiger partial charge is 0.306 e. The number of nitrogens with zero attached hydrogens (tertiary/aromatic N) is 2. The van der Waals surface area contributed by atoms with Crippen LogP contribution in [-0.4, -0.2) is 17.4 Å². The number of nitro benzene ring substituents is 1. The van der Waals surface area contributed by atoms with Gasteiger partial charge in [-0.1, -0.05) is 46.3 Å². The van der Waals surface area contributed by atoms with E-state index in [1.165, 1.54) is 11.0 Å². The highest BCUT2D eigenvalue weighted by molar-refractivity contribution is 9.10. The monoisotopic (exact) mass is 360 g/mol. The van der Waals surface area contributed by atoms with Crippen molar-refractivity contribution in [1.82, 2.24) is 0 Å². The van der Waals surface area contributed by atoms with Crippen molar-refractivity contribution in [2.24, 2.45) is 0 Å². The molecular weight excluding hydrogens is 348 g/mol. The molecule has 0 N–H and O–H groups in total. The topological polar surface area (TPSA) is 63.5 Å². The highest BCUT2D eigenvalue weighted by Crippen LogP contribution is 2.39. The Morgan fingerprint density at radius 3 is 2.68 bits per heavy atom. The summed E-state index contributed by atoms with van der Waals surface area (Å²) in [7, 11) is 0. The van der Waals surface area contributed by atoms with E-state index in [1.807, 2.05) is 36.4 Å². The summed E-state index contributed by atoms with van der Waals surface area (Å²) >= 11 is 3.29. The minimum Gasteiger partial charge on any atom is -0.306 e. The highest BCUT2D eigenvalue weighted by Gasteiger charge is 2.32. The summed E-state index contributed by atoms with van der Waals surface area (Å²) in [5.41, 5.74) is 2.15. The van der Waals surface area contributed by atoms with Gasteiger partial charge in [0, 0.05) is 17.1 Å². The number of hydrogen-bond donors (Lipinski definition) is 0. The van der Waals surface area contributed by atoms with Crippen LogP contribution in [0, 0.1) is 10.1 Å². The Kier molecular flexibility index (Phi) is 3.94. The van der Waals surface area contributed by atoms with Crippen LogP contribution in [0.4, 0.5) is 11.4 Å². The predicted octanol–water partition coefficient (Wildman–Crippen LogP) is 3.49. The van der Waals surface area contributed by atoms with Gasteiger partial charge >= 0.3 is 0 Å². The summed E-state index contributed by atoms with van der Waals surface area (Å²) in [6, 6.07) is 12.7. The fraction of sp³-hybridized carbons (Fsp3) is 0.188. The molecule has 0 aliphatic carbocycles. The predicted molar refractivity (Wildman–Crippen MR) is 87.0 cm³/mol. The molecule has 0 spiro atoms. The molecule has 0 aromatic heterocycles. The molecule has 0 atom stereocenters. The van der Waals surface area contributed by atoms with Crippen molar-refractivity contribution < 1.29 is 9.72 Å². The molecule has 0 saturated heterocycles. The van der Waals surface area contributed by atoms with E-state index in [9.17, 15) is 14.9 Å². The lowest BCUT2D eigenvalue weighted by Gasteiger charge is -2.17. The van der Waals surface area contributed by atoms with Crippen molar-refractivity contribution in [3.8, 4) is 0 Å². The van der Waals surface area contributed by atoms with Gasteiger partial charge in [0.1, 0.15) is 5.69 Å². The number of anilines is 1. The zero-order chi connectivity index (χ0) is 15.7. The molecule has 0 fully saturated rings. The summed E-state index contributed by atoms with van der Waals surface area (Å²) in [5.74, 6) is -0.115. The normalized spacial score (nSPS) is 13.0. The van der Waals surface area contributed by atoms with Crippen LogP contribution in [0.15, 0.2) is 46.9 Å². The fourth-order valence-corrected chi connectivity index (χ4v) is 3.23. The maximum atomic E-state index is 12.5. The molecule has 6 heteroatoms. The van der Waals surface area contributed by atoms with Crippen molar-refractivity contribution in [3.63, 3.8) is 0 Å². The Morgan fingerprint density at radius 2 is 2.00 bits per heavy atom. The van der Waals surface area contributed by atoms with Crippen LogP contribution in [0.3, 0.4) is 0 Å². The van der Waals surface area contributed by atoms with E-state index < -0.39 is 4.92 Å². The zero-order valence-corrected chi connectivity index (χ0v) is 13.2. The lowest BCUT2D eigenvalue weighted by atomic mass is 10.1. The van der Waals surface area contributed by atoms with Gasteiger partial charge in [0.05, 0.1) is 11.3 Å². The molecule has 0 bridgehead atoms. The third kappa shape index (κ3) is 2.74. The number of halogens is 1. The van der Waals surface area contributed by atoms with E-state index in [4.69, 9.17) is 0 Å². The van der Waals surface area contributed by atoms with E-state index >= 15 is 0 Å². The first-order chi connectivity index (χ1) is 10.6. The van der Waals surface area contributed by atoms with Gasteiger partial charge in [-0.25, -0.2) is 0 Å². The van der Waals surface area contributed by atoms with Crippen LogP contribution in [0.1, 0.15) is 11.1 Å². The summed E-state index contributed by atoms with van der Waals surface area (Å²) in [6.45, 7) is 0.484. The molecule has 2 aromatic carbocycles. The maximum absolute atomic E-state index is 12.5. The van der Waals surface area contributed by atoms with Gasteiger partial charge < -0.3 is 4.90 Å². The third-order valence-corrected chi connectivity index (χ3v) is 4.16. The number of amides is 1. The zero-order valence-electron chi connectivity index (χ0n) is 11.7. The molecular formula is C16H13BrN2O3. The highest BCUT2D eigenvalue weighted by atomic mass is 79.9. The lowest BCUT2D eigenvalue weighted by Crippen LogP contribution is -2.30. The summed E-state index contributed by atoms with van der Waals surface area (Å²) in [6.07, 6.45) is 0.879. The van der Waals surface area contributed by atoms with E-state index in [-0.39, 0.29) is 18.0 Å². The Bertz CT molecular complexity index is 747. The molecule has 112 valence electrons. The van der Waals surface area contributed by atoms with Crippen molar-refractivity contribution in [3.05, 3.63) is 68.2 Å². The second-order valence-electron chi connectivity index (χ2n) is 5.15. The molecule has 0 radical (unpaired) electrons. The minimum atomic E-state index is -0.433. The Labute approximate surface area is 135 Å². The Balaban J connectivity index is 1.94. The van der Waals surface area contributed by atoms with Gasteiger partial charge in [-0.3, -0.25) is 14.9 Å². The average molecular weight is 361 g/mol. The van der Waals surface area contributed by atoms with Gasteiger partial charge in [0.15, 0.2) is 0 Å². The number of carbonyl (C=O) groups excluding carboxylic acids is 1. The molecule has 2 aromatic rings. The van der Waals surface area contributed by atoms with E-state index in [0.717, 1.165) is 11.1 Å². The number of hydrogen-bond acceptors (Lipinski definition) is 3. The van der Waals surface area contributed by atoms with Gasteiger partial charge in [0.25, 0.3) is 5.69 Å². The average Bonchev–Trinajstić information content (AvgIpc) is 2.90. The number of nitro groups is 1. The van der Waals surface area contributed by atoms with Crippen molar-refractivity contribution in [2.75, 3.05) is 11.4 Å². The third-order valence-electron chi connectivity index (χ3n) is 3.70. The molecule has 1 aliphatic rings. The van der Waals surface area contributed by atoms with E-state index in [1.54, 1.807) is 0 Å². The van der Waals surface area contributed by atoms with E-state index in [2.05, 4.69) is 15.9 Å². The van der Waals surface area contributed by atoms with Crippen LogP contribution >= 0.6 is 15.9 Å². The number of benzene rings is 2. The molecule has 0 saturated carbocycles. The molecule has 1 heterocycles. The fourth-order valence-electron chi connectivity index (χ4n) is 2.74. The van der Waals surface area contributed by atoms with Gasteiger partial charge in [-0.05, 0) is 23.6 Å². The number of fused-ring (bicyclic) bond motifs is 1.